The highest BCUT2D eigenvalue weighted by Crippen LogP contribution is 2.25. The third-order valence-corrected chi connectivity index (χ3v) is 5.31. The molecule has 1 saturated heterocycles. The molecule has 2 aromatic carbocycles. The van der Waals surface area contributed by atoms with E-state index in [9.17, 15) is 4.79 Å². The number of benzene rings is 2. The number of aryl methyl sites for hydroxylation is 2. The first-order valence-corrected chi connectivity index (χ1v) is 9.46. The number of nitrogens with one attached hydrogen (secondary N) is 1. The summed E-state index contributed by atoms with van der Waals surface area (Å²) in [7, 11) is 0. The summed E-state index contributed by atoms with van der Waals surface area (Å²) < 4.78 is 0. The van der Waals surface area contributed by atoms with Crippen molar-refractivity contribution in [3.63, 3.8) is 0 Å². The number of fused-ring (bicyclic) bond motifs is 1. The fourth-order valence-electron chi connectivity index (χ4n) is 3.74. The molecular formula is C22H24N4O. The van der Waals surface area contributed by atoms with Crippen LogP contribution >= 0.6 is 0 Å². The van der Waals surface area contributed by atoms with Crippen molar-refractivity contribution in [3.8, 4) is 0 Å². The van der Waals surface area contributed by atoms with E-state index in [1.165, 1.54) is 5.56 Å². The molecule has 0 radical (unpaired) electrons. The second-order valence-corrected chi connectivity index (χ2v) is 7.12. The van der Waals surface area contributed by atoms with Gasteiger partial charge in [0.15, 0.2) is 0 Å². The molecule has 1 aromatic heterocycles. The van der Waals surface area contributed by atoms with Crippen LogP contribution in [0.2, 0.25) is 0 Å². The summed E-state index contributed by atoms with van der Waals surface area (Å²) in [6.45, 7) is 5.42. The van der Waals surface area contributed by atoms with E-state index >= 15 is 0 Å². The molecule has 1 amide bonds. The first kappa shape index (κ1) is 17.5. The number of nitrogens with zero attached hydrogens (tertiary/aromatic N) is 3. The van der Waals surface area contributed by atoms with E-state index in [0.717, 1.165) is 41.5 Å². The van der Waals surface area contributed by atoms with Crippen molar-refractivity contribution in [2.75, 3.05) is 11.4 Å². The number of rotatable bonds is 4. The Kier molecular flexibility index (Phi) is 4.75. The average Bonchev–Trinajstić information content (AvgIpc) is 3.17. The van der Waals surface area contributed by atoms with Crippen LogP contribution in [0.3, 0.4) is 0 Å². The summed E-state index contributed by atoms with van der Waals surface area (Å²) in [4.78, 5) is 24.3. The van der Waals surface area contributed by atoms with E-state index in [-0.39, 0.29) is 11.9 Å². The Labute approximate surface area is 159 Å². The molecule has 0 bridgehead atoms. The molecule has 1 N–H and O–H groups in total. The molecule has 4 rings (SSSR count). The van der Waals surface area contributed by atoms with Crippen molar-refractivity contribution < 1.29 is 4.79 Å². The molecule has 0 saturated carbocycles. The number of carbonyl (C=O) groups is 1. The maximum atomic E-state index is 12.9. The van der Waals surface area contributed by atoms with Crippen LogP contribution in [0.25, 0.3) is 10.9 Å². The highest BCUT2D eigenvalue weighted by Gasteiger charge is 2.32. The number of para-hydroxylation sites is 1. The lowest BCUT2D eigenvalue weighted by Gasteiger charge is -2.24. The summed E-state index contributed by atoms with van der Waals surface area (Å²) in [5, 5.41) is 4.15. The minimum absolute atomic E-state index is 0.0464. The molecule has 5 nitrogen and oxygen atoms in total. The normalized spacial score (nSPS) is 16.7. The van der Waals surface area contributed by atoms with E-state index in [0.29, 0.717) is 12.5 Å². The summed E-state index contributed by atoms with van der Waals surface area (Å²) in [5.41, 5.74) is 4.20. The van der Waals surface area contributed by atoms with Gasteiger partial charge in [-0.15, -0.1) is 0 Å². The van der Waals surface area contributed by atoms with E-state index in [2.05, 4.69) is 29.4 Å². The molecule has 3 aromatic rings. The van der Waals surface area contributed by atoms with E-state index in [4.69, 9.17) is 4.98 Å². The summed E-state index contributed by atoms with van der Waals surface area (Å²) in [6, 6.07) is 15.9. The van der Waals surface area contributed by atoms with Gasteiger partial charge in [0.2, 0.25) is 11.9 Å². The van der Waals surface area contributed by atoms with Crippen LogP contribution in [0.4, 0.5) is 5.95 Å². The Morgan fingerprint density at radius 2 is 1.89 bits per heavy atom. The van der Waals surface area contributed by atoms with Crippen molar-refractivity contribution in [2.45, 2.75) is 39.3 Å². The molecule has 1 atom stereocenters. The van der Waals surface area contributed by atoms with Gasteiger partial charge in [-0.05, 0) is 43.9 Å². The van der Waals surface area contributed by atoms with Gasteiger partial charge in [-0.2, -0.15) is 0 Å². The van der Waals surface area contributed by atoms with E-state index < -0.39 is 0 Å². The minimum atomic E-state index is -0.213. The number of anilines is 1. The second-order valence-electron chi connectivity index (χ2n) is 7.12. The van der Waals surface area contributed by atoms with Crippen LogP contribution in [0.15, 0.2) is 48.5 Å². The van der Waals surface area contributed by atoms with Crippen molar-refractivity contribution in [1.29, 1.82) is 0 Å². The van der Waals surface area contributed by atoms with E-state index in [1.54, 1.807) is 0 Å². The zero-order valence-corrected chi connectivity index (χ0v) is 15.8. The molecule has 2 heterocycles. The van der Waals surface area contributed by atoms with Gasteiger partial charge in [-0.3, -0.25) is 4.79 Å². The predicted molar refractivity (Wildman–Crippen MR) is 108 cm³/mol. The molecule has 1 aliphatic heterocycles. The Morgan fingerprint density at radius 1 is 1.11 bits per heavy atom. The smallest absolute Gasteiger partial charge is 0.243 e. The Morgan fingerprint density at radius 3 is 2.74 bits per heavy atom. The number of aromatic nitrogens is 2. The van der Waals surface area contributed by atoms with Gasteiger partial charge in [-0.25, -0.2) is 9.97 Å². The lowest BCUT2D eigenvalue weighted by atomic mass is 10.1. The third-order valence-electron chi connectivity index (χ3n) is 5.31. The van der Waals surface area contributed by atoms with Crippen LogP contribution in [-0.4, -0.2) is 28.5 Å². The van der Waals surface area contributed by atoms with Crippen LogP contribution in [0.1, 0.15) is 29.7 Å². The van der Waals surface area contributed by atoms with Gasteiger partial charge in [0.25, 0.3) is 0 Å². The second kappa shape index (κ2) is 7.35. The van der Waals surface area contributed by atoms with Crippen LogP contribution in [-0.2, 0) is 11.3 Å². The lowest BCUT2D eigenvalue weighted by molar-refractivity contribution is -0.122. The molecule has 0 aliphatic carbocycles. The maximum Gasteiger partial charge on any atom is 0.243 e. The molecule has 1 unspecified atom stereocenters. The lowest BCUT2D eigenvalue weighted by Crippen LogP contribution is -2.43. The average molecular weight is 360 g/mol. The van der Waals surface area contributed by atoms with Gasteiger partial charge in [0.1, 0.15) is 6.04 Å². The Hall–Kier alpha value is -2.95. The quantitative estimate of drug-likeness (QED) is 0.773. The van der Waals surface area contributed by atoms with Gasteiger partial charge >= 0.3 is 0 Å². The molecule has 27 heavy (non-hydrogen) atoms. The first-order chi connectivity index (χ1) is 13.1. The molecule has 0 spiro atoms. The van der Waals surface area contributed by atoms with Crippen molar-refractivity contribution >= 4 is 22.8 Å². The van der Waals surface area contributed by atoms with Gasteiger partial charge < -0.3 is 10.2 Å². The largest absolute Gasteiger partial charge is 0.350 e. The van der Waals surface area contributed by atoms with Gasteiger partial charge in [-0.1, -0.05) is 42.5 Å². The molecule has 1 fully saturated rings. The fourth-order valence-corrected chi connectivity index (χ4v) is 3.74. The maximum absolute atomic E-state index is 12.9. The SMILES string of the molecule is Cc1ccccc1CNC(=O)C1CCCN1c1nc(C)c2ccccc2n1. The molecule has 5 heteroatoms. The number of amides is 1. The molecule has 1 aliphatic rings. The van der Waals surface area contributed by atoms with Gasteiger partial charge in [0, 0.05) is 18.5 Å². The van der Waals surface area contributed by atoms with E-state index in [1.807, 2.05) is 48.2 Å². The number of hydrogen-bond acceptors (Lipinski definition) is 4. The zero-order chi connectivity index (χ0) is 18.8. The number of hydrogen-bond donors (Lipinski definition) is 1. The van der Waals surface area contributed by atoms with Gasteiger partial charge in [0.05, 0.1) is 11.2 Å². The monoisotopic (exact) mass is 360 g/mol. The first-order valence-electron chi connectivity index (χ1n) is 9.46. The highest BCUT2D eigenvalue weighted by molar-refractivity contribution is 5.86. The van der Waals surface area contributed by atoms with Crippen LogP contribution in [0.5, 0.6) is 0 Å². The summed E-state index contributed by atoms with van der Waals surface area (Å²) >= 11 is 0. The standard InChI is InChI=1S/C22H24N4O/c1-15-8-3-4-9-17(15)14-23-21(27)20-12-7-13-26(20)22-24-16(2)18-10-5-6-11-19(18)25-22/h3-6,8-11,20H,7,12-14H2,1-2H3,(H,23,27). The predicted octanol–water partition coefficient (Wildman–Crippen LogP) is 3.53. The van der Waals surface area contributed by atoms with Crippen molar-refractivity contribution in [2.24, 2.45) is 0 Å². The molecular weight excluding hydrogens is 336 g/mol. The highest BCUT2D eigenvalue weighted by atomic mass is 16.2. The zero-order valence-electron chi connectivity index (χ0n) is 15.8. The third kappa shape index (κ3) is 3.50. The van der Waals surface area contributed by atoms with Crippen LogP contribution in [0, 0.1) is 13.8 Å². The van der Waals surface area contributed by atoms with Crippen LogP contribution < -0.4 is 10.2 Å². The molecule has 138 valence electrons. The topological polar surface area (TPSA) is 58.1 Å². The van der Waals surface area contributed by atoms with Crippen molar-refractivity contribution in [1.82, 2.24) is 15.3 Å². The number of carbonyl (C=O) groups excluding carboxylic acids is 1. The van der Waals surface area contributed by atoms with Crippen molar-refractivity contribution in [3.05, 3.63) is 65.4 Å². The summed E-state index contributed by atoms with van der Waals surface area (Å²) in [6.07, 6.45) is 1.80. The summed E-state index contributed by atoms with van der Waals surface area (Å²) in [5.74, 6) is 0.699. The fraction of sp³-hybridized carbons (Fsp3) is 0.318. The minimum Gasteiger partial charge on any atom is -0.350 e. The Bertz CT molecular complexity index is 985. The Balaban J connectivity index is 1.53.